The number of ether oxygens (including phenoxy) is 2. The molecule has 25 heavy (non-hydrogen) atoms. The molecule has 6 heteroatoms. The molecule has 3 rings (SSSR count). The molecule has 0 atom stereocenters. The molecule has 0 unspecified atom stereocenters. The van der Waals surface area contributed by atoms with E-state index in [0.29, 0.717) is 18.0 Å². The Morgan fingerprint density at radius 2 is 2.04 bits per heavy atom. The number of amides is 1. The molecule has 128 valence electrons. The fourth-order valence-electron chi connectivity index (χ4n) is 2.49. The van der Waals surface area contributed by atoms with Crippen LogP contribution in [0.3, 0.4) is 0 Å². The number of rotatable bonds is 6. The van der Waals surface area contributed by atoms with E-state index in [-0.39, 0.29) is 5.91 Å². The topological polar surface area (TPSA) is 64.9 Å². The van der Waals surface area contributed by atoms with Crippen LogP contribution in [0.1, 0.15) is 11.1 Å². The van der Waals surface area contributed by atoms with Crippen LogP contribution in [0.2, 0.25) is 0 Å². The summed E-state index contributed by atoms with van der Waals surface area (Å²) < 4.78 is 12.2. The Morgan fingerprint density at radius 1 is 1.20 bits per heavy atom. The minimum Gasteiger partial charge on any atom is -0.493 e. The van der Waals surface area contributed by atoms with Gasteiger partial charge in [0.15, 0.2) is 11.5 Å². The van der Waals surface area contributed by atoms with Gasteiger partial charge in [0, 0.05) is 24.4 Å². The molecule has 0 saturated carbocycles. The van der Waals surface area contributed by atoms with Crippen molar-refractivity contribution in [2.24, 2.45) is 0 Å². The van der Waals surface area contributed by atoms with E-state index in [2.05, 4.69) is 10.4 Å². The Morgan fingerprint density at radius 3 is 2.84 bits per heavy atom. The van der Waals surface area contributed by atoms with Crippen molar-refractivity contribution >= 4 is 17.5 Å². The van der Waals surface area contributed by atoms with Crippen LogP contribution in [-0.4, -0.2) is 29.7 Å². The first-order valence-electron chi connectivity index (χ1n) is 7.80. The number of carbonyl (C=O) groups excluding carboxylic acids is 1. The highest BCUT2D eigenvalue weighted by Crippen LogP contribution is 2.27. The van der Waals surface area contributed by atoms with Crippen LogP contribution in [-0.2, 0) is 11.3 Å². The van der Waals surface area contributed by atoms with Crippen LogP contribution in [0.4, 0.5) is 0 Å². The fraction of sp³-hybridized carbons (Fsp3) is 0.158. The van der Waals surface area contributed by atoms with E-state index < -0.39 is 0 Å². The molecular weight excluding hydrogens is 318 g/mol. The molecule has 1 N–H and O–H groups in total. The van der Waals surface area contributed by atoms with Crippen molar-refractivity contribution < 1.29 is 14.3 Å². The number of methoxy groups -OCH3 is 2. The lowest BCUT2D eigenvalue weighted by molar-refractivity contribution is -0.116. The van der Waals surface area contributed by atoms with Gasteiger partial charge in [0.25, 0.3) is 0 Å². The van der Waals surface area contributed by atoms with Gasteiger partial charge in [-0.3, -0.25) is 4.79 Å². The molecule has 3 aromatic rings. The van der Waals surface area contributed by atoms with E-state index in [1.54, 1.807) is 37.1 Å². The number of benzene rings is 1. The van der Waals surface area contributed by atoms with E-state index in [1.165, 1.54) is 6.08 Å². The predicted octanol–water partition coefficient (Wildman–Crippen LogP) is 2.68. The second-order valence-electron chi connectivity index (χ2n) is 5.37. The molecule has 0 aliphatic heterocycles. The van der Waals surface area contributed by atoms with Crippen molar-refractivity contribution in [2.75, 3.05) is 14.2 Å². The molecule has 0 radical (unpaired) electrons. The third-order valence-electron chi connectivity index (χ3n) is 3.79. The zero-order valence-corrected chi connectivity index (χ0v) is 14.1. The summed E-state index contributed by atoms with van der Waals surface area (Å²) in [5, 5.41) is 7.11. The Labute approximate surface area is 145 Å². The van der Waals surface area contributed by atoms with E-state index in [1.807, 2.05) is 36.5 Å². The van der Waals surface area contributed by atoms with Crippen molar-refractivity contribution in [1.82, 2.24) is 14.9 Å². The summed E-state index contributed by atoms with van der Waals surface area (Å²) >= 11 is 0. The van der Waals surface area contributed by atoms with Crippen molar-refractivity contribution in [2.45, 2.75) is 6.54 Å². The summed E-state index contributed by atoms with van der Waals surface area (Å²) in [7, 11) is 3.16. The molecule has 0 spiro atoms. The summed E-state index contributed by atoms with van der Waals surface area (Å²) in [6.45, 7) is 0.419. The number of carbonyl (C=O) groups is 1. The smallest absolute Gasteiger partial charge is 0.244 e. The standard InChI is InChI=1S/C19H19N3O3/c1-24-17-8-6-14(11-18(17)25-2)7-9-19(23)20-12-15-13-21-22-10-4-3-5-16(15)22/h3-11,13H,12H2,1-2H3,(H,20,23)/b9-7+. The summed E-state index contributed by atoms with van der Waals surface area (Å²) in [5.74, 6) is 1.10. The molecule has 2 heterocycles. The third kappa shape index (κ3) is 3.80. The lowest BCUT2D eigenvalue weighted by Gasteiger charge is -2.07. The number of aromatic nitrogens is 2. The maximum Gasteiger partial charge on any atom is 0.244 e. The fourth-order valence-corrected chi connectivity index (χ4v) is 2.49. The molecular formula is C19H19N3O3. The van der Waals surface area contributed by atoms with Gasteiger partial charge in [0.05, 0.1) is 25.9 Å². The predicted molar refractivity (Wildman–Crippen MR) is 95.6 cm³/mol. The number of nitrogens with zero attached hydrogens (tertiary/aromatic N) is 2. The van der Waals surface area contributed by atoms with Gasteiger partial charge in [-0.15, -0.1) is 0 Å². The highest BCUT2D eigenvalue weighted by atomic mass is 16.5. The largest absolute Gasteiger partial charge is 0.493 e. The van der Waals surface area contributed by atoms with Crippen molar-refractivity contribution in [3.05, 3.63) is 66.0 Å². The molecule has 0 aliphatic rings. The van der Waals surface area contributed by atoms with Crippen LogP contribution >= 0.6 is 0 Å². The zero-order valence-electron chi connectivity index (χ0n) is 14.1. The van der Waals surface area contributed by atoms with Crippen LogP contribution < -0.4 is 14.8 Å². The van der Waals surface area contributed by atoms with Crippen LogP contribution in [0.25, 0.3) is 11.6 Å². The van der Waals surface area contributed by atoms with E-state index in [9.17, 15) is 4.79 Å². The third-order valence-corrected chi connectivity index (χ3v) is 3.79. The average Bonchev–Trinajstić information content (AvgIpc) is 3.07. The molecule has 2 aromatic heterocycles. The molecule has 0 bridgehead atoms. The molecule has 6 nitrogen and oxygen atoms in total. The summed E-state index contributed by atoms with van der Waals surface area (Å²) in [6, 6.07) is 11.3. The van der Waals surface area contributed by atoms with Crippen molar-refractivity contribution in [3.63, 3.8) is 0 Å². The second-order valence-corrected chi connectivity index (χ2v) is 5.37. The first-order chi connectivity index (χ1) is 12.2. The van der Waals surface area contributed by atoms with E-state index in [0.717, 1.165) is 16.6 Å². The molecule has 0 saturated heterocycles. The monoisotopic (exact) mass is 337 g/mol. The SMILES string of the molecule is COc1ccc(/C=C/C(=O)NCc2cnn3ccccc23)cc1OC. The molecule has 0 aliphatic carbocycles. The van der Waals surface area contributed by atoms with E-state index >= 15 is 0 Å². The summed E-state index contributed by atoms with van der Waals surface area (Å²) in [5.41, 5.74) is 2.80. The number of hydrogen-bond donors (Lipinski definition) is 1. The summed E-state index contributed by atoms with van der Waals surface area (Å²) in [6.07, 6.45) is 6.85. The maximum absolute atomic E-state index is 12.0. The highest BCUT2D eigenvalue weighted by Gasteiger charge is 2.05. The number of hydrogen-bond acceptors (Lipinski definition) is 4. The quantitative estimate of drug-likeness (QED) is 0.703. The van der Waals surface area contributed by atoms with E-state index in [4.69, 9.17) is 9.47 Å². The van der Waals surface area contributed by atoms with Gasteiger partial charge in [0.2, 0.25) is 5.91 Å². The van der Waals surface area contributed by atoms with Gasteiger partial charge in [-0.1, -0.05) is 12.1 Å². The Balaban J connectivity index is 1.63. The van der Waals surface area contributed by atoms with Crippen LogP contribution in [0, 0.1) is 0 Å². The highest BCUT2D eigenvalue weighted by molar-refractivity contribution is 5.91. The minimum atomic E-state index is -0.176. The first-order valence-corrected chi connectivity index (χ1v) is 7.80. The van der Waals surface area contributed by atoms with Crippen molar-refractivity contribution in [1.29, 1.82) is 0 Å². The lowest BCUT2D eigenvalue weighted by atomic mass is 10.2. The Bertz CT molecular complexity index is 915. The first kappa shape index (κ1) is 16.6. The Hall–Kier alpha value is -3.28. The number of nitrogens with one attached hydrogen (secondary N) is 1. The van der Waals surface area contributed by atoms with Crippen molar-refractivity contribution in [3.8, 4) is 11.5 Å². The van der Waals surface area contributed by atoms with Gasteiger partial charge < -0.3 is 14.8 Å². The van der Waals surface area contributed by atoms with Crippen LogP contribution in [0.5, 0.6) is 11.5 Å². The molecule has 0 fully saturated rings. The maximum atomic E-state index is 12.0. The van der Waals surface area contributed by atoms with Gasteiger partial charge in [-0.25, -0.2) is 4.52 Å². The zero-order chi connectivity index (χ0) is 17.6. The second kappa shape index (κ2) is 7.53. The van der Waals surface area contributed by atoms with Gasteiger partial charge >= 0.3 is 0 Å². The Kier molecular flexibility index (Phi) is 4.99. The normalized spacial score (nSPS) is 11.0. The minimum absolute atomic E-state index is 0.176. The van der Waals surface area contributed by atoms with Crippen LogP contribution in [0.15, 0.2) is 54.9 Å². The van der Waals surface area contributed by atoms with Gasteiger partial charge in [-0.2, -0.15) is 5.10 Å². The average molecular weight is 337 g/mol. The number of pyridine rings is 1. The lowest BCUT2D eigenvalue weighted by Crippen LogP contribution is -2.20. The molecule has 1 amide bonds. The van der Waals surface area contributed by atoms with Gasteiger partial charge in [0.1, 0.15) is 0 Å². The number of fused-ring (bicyclic) bond motifs is 1. The molecule has 1 aromatic carbocycles. The van der Waals surface area contributed by atoms with Gasteiger partial charge in [-0.05, 0) is 35.9 Å². The summed E-state index contributed by atoms with van der Waals surface area (Å²) in [4.78, 5) is 12.0.